The Hall–Kier alpha value is -3.84. The van der Waals surface area contributed by atoms with E-state index in [0.29, 0.717) is 31.3 Å². The van der Waals surface area contributed by atoms with Crippen molar-refractivity contribution in [1.29, 1.82) is 0 Å². The highest BCUT2D eigenvalue weighted by molar-refractivity contribution is 7.80. The highest BCUT2D eigenvalue weighted by atomic mass is 32.1. The first-order chi connectivity index (χ1) is 16.1. The number of nitrogens with one attached hydrogen (secondary N) is 2. The summed E-state index contributed by atoms with van der Waals surface area (Å²) in [5.41, 5.74) is 1.53. The Morgan fingerprint density at radius 2 is 1.52 bits per heavy atom. The number of hydrogen-bond acceptors (Lipinski definition) is 5. The van der Waals surface area contributed by atoms with E-state index in [1.807, 2.05) is 85.8 Å². The van der Waals surface area contributed by atoms with E-state index in [1.54, 1.807) is 6.08 Å². The first-order valence-electron chi connectivity index (χ1n) is 10.6. The number of rotatable bonds is 10. The molecule has 0 saturated heterocycles. The fourth-order valence-corrected chi connectivity index (χ4v) is 3.06. The Bertz CT molecular complexity index is 1070. The lowest BCUT2D eigenvalue weighted by atomic mass is 10.2. The molecule has 3 aromatic carbocycles. The third-order valence-corrected chi connectivity index (χ3v) is 4.55. The predicted molar refractivity (Wildman–Crippen MR) is 135 cm³/mol. The monoisotopic (exact) mass is 462 g/mol. The van der Waals surface area contributed by atoms with Gasteiger partial charge in [0, 0.05) is 6.08 Å². The van der Waals surface area contributed by atoms with Crippen LogP contribution in [0.4, 0.5) is 5.69 Å². The van der Waals surface area contributed by atoms with Crippen LogP contribution in [-0.4, -0.2) is 30.8 Å². The van der Waals surface area contributed by atoms with Gasteiger partial charge in [-0.1, -0.05) is 42.5 Å². The molecule has 0 unspecified atom stereocenters. The molecule has 0 spiro atoms. The molecule has 33 heavy (non-hydrogen) atoms. The summed E-state index contributed by atoms with van der Waals surface area (Å²) in [6, 6.07) is 24.4. The Morgan fingerprint density at radius 1 is 0.848 bits per heavy atom. The van der Waals surface area contributed by atoms with Crippen LogP contribution in [0.1, 0.15) is 12.5 Å². The maximum absolute atomic E-state index is 12.2. The standard InChI is InChI=1S/C26H26N2O4S/c1-2-30-22-15-12-20(13-16-22)14-17-25(29)28-26(33)27-23-10-6-7-11-24(23)32-19-18-31-21-8-4-3-5-9-21/h3-17H,2,18-19H2,1H3,(H2,27,28,29,33)/b17-14+. The lowest BCUT2D eigenvalue weighted by molar-refractivity contribution is -0.115. The second kappa shape index (κ2) is 12.9. The molecule has 0 saturated carbocycles. The molecule has 6 nitrogen and oxygen atoms in total. The summed E-state index contributed by atoms with van der Waals surface area (Å²) in [6.07, 6.45) is 3.13. The third kappa shape index (κ3) is 8.31. The summed E-state index contributed by atoms with van der Waals surface area (Å²) in [7, 11) is 0. The minimum atomic E-state index is -0.337. The van der Waals surface area contributed by atoms with Gasteiger partial charge in [0.1, 0.15) is 30.5 Å². The number of benzene rings is 3. The second-order valence-corrected chi connectivity index (χ2v) is 7.19. The van der Waals surface area contributed by atoms with Crippen LogP contribution in [0, 0.1) is 0 Å². The number of ether oxygens (including phenoxy) is 3. The molecule has 0 aliphatic heterocycles. The highest BCUT2D eigenvalue weighted by Gasteiger charge is 2.07. The summed E-state index contributed by atoms with van der Waals surface area (Å²) in [6.45, 7) is 3.30. The molecule has 0 bridgehead atoms. The van der Waals surface area contributed by atoms with Crippen LogP contribution in [-0.2, 0) is 4.79 Å². The van der Waals surface area contributed by atoms with Gasteiger partial charge in [-0.15, -0.1) is 0 Å². The van der Waals surface area contributed by atoms with Crippen LogP contribution in [0.5, 0.6) is 17.2 Å². The van der Waals surface area contributed by atoms with Crippen molar-refractivity contribution < 1.29 is 19.0 Å². The second-order valence-electron chi connectivity index (χ2n) is 6.78. The molecule has 0 aliphatic carbocycles. The number of carbonyl (C=O) groups is 1. The molecule has 3 rings (SSSR count). The smallest absolute Gasteiger partial charge is 0.250 e. The van der Waals surface area contributed by atoms with Crippen molar-refractivity contribution in [3.63, 3.8) is 0 Å². The van der Waals surface area contributed by atoms with Crippen molar-refractivity contribution in [3.05, 3.63) is 90.5 Å². The quantitative estimate of drug-likeness (QED) is 0.249. The van der Waals surface area contributed by atoms with Gasteiger partial charge < -0.3 is 19.5 Å². The Labute approximate surface area is 199 Å². The van der Waals surface area contributed by atoms with Gasteiger partial charge in [-0.2, -0.15) is 0 Å². The molecule has 2 N–H and O–H groups in total. The van der Waals surface area contributed by atoms with Crippen LogP contribution in [0.3, 0.4) is 0 Å². The summed E-state index contributed by atoms with van der Waals surface area (Å²) >= 11 is 5.27. The van der Waals surface area contributed by atoms with Gasteiger partial charge in [0.05, 0.1) is 12.3 Å². The van der Waals surface area contributed by atoms with E-state index in [4.69, 9.17) is 26.4 Å². The van der Waals surface area contributed by atoms with E-state index in [9.17, 15) is 4.79 Å². The largest absolute Gasteiger partial charge is 0.494 e. The number of hydrogen-bond donors (Lipinski definition) is 2. The number of para-hydroxylation sites is 3. The maximum atomic E-state index is 12.2. The van der Waals surface area contributed by atoms with Gasteiger partial charge in [-0.3, -0.25) is 10.1 Å². The van der Waals surface area contributed by atoms with E-state index < -0.39 is 0 Å². The Balaban J connectivity index is 1.46. The van der Waals surface area contributed by atoms with Crippen molar-refractivity contribution in [2.24, 2.45) is 0 Å². The minimum absolute atomic E-state index is 0.174. The van der Waals surface area contributed by atoms with Crippen molar-refractivity contribution in [2.45, 2.75) is 6.92 Å². The van der Waals surface area contributed by atoms with Gasteiger partial charge in [0.25, 0.3) is 0 Å². The zero-order valence-electron chi connectivity index (χ0n) is 18.3. The zero-order chi connectivity index (χ0) is 23.3. The third-order valence-electron chi connectivity index (χ3n) is 4.34. The van der Waals surface area contributed by atoms with E-state index in [2.05, 4.69) is 10.6 Å². The van der Waals surface area contributed by atoms with Gasteiger partial charge in [0.2, 0.25) is 5.91 Å². The molecule has 3 aromatic rings. The van der Waals surface area contributed by atoms with Gasteiger partial charge in [-0.25, -0.2) is 0 Å². The lowest BCUT2D eigenvalue weighted by Gasteiger charge is -2.14. The fraction of sp³-hybridized carbons (Fsp3) is 0.154. The molecule has 0 radical (unpaired) electrons. The van der Waals surface area contributed by atoms with Crippen LogP contribution in [0.25, 0.3) is 6.08 Å². The number of anilines is 1. The first-order valence-corrected chi connectivity index (χ1v) is 11.0. The number of amides is 1. The predicted octanol–water partition coefficient (Wildman–Crippen LogP) is 5.07. The van der Waals surface area contributed by atoms with Crippen LogP contribution < -0.4 is 24.8 Å². The van der Waals surface area contributed by atoms with Gasteiger partial charge in [0.15, 0.2) is 5.11 Å². The topological polar surface area (TPSA) is 68.8 Å². The van der Waals surface area contributed by atoms with Gasteiger partial charge >= 0.3 is 0 Å². The van der Waals surface area contributed by atoms with Crippen molar-refractivity contribution >= 4 is 35.0 Å². The van der Waals surface area contributed by atoms with Crippen LogP contribution >= 0.6 is 12.2 Å². The zero-order valence-corrected chi connectivity index (χ0v) is 19.1. The Morgan fingerprint density at radius 3 is 2.27 bits per heavy atom. The highest BCUT2D eigenvalue weighted by Crippen LogP contribution is 2.23. The van der Waals surface area contributed by atoms with Crippen molar-refractivity contribution in [2.75, 3.05) is 25.1 Å². The normalized spacial score (nSPS) is 10.5. The lowest BCUT2D eigenvalue weighted by Crippen LogP contribution is -2.33. The van der Waals surface area contributed by atoms with E-state index in [-0.39, 0.29) is 11.0 Å². The number of carbonyl (C=O) groups excluding carboxylic acids is 1. The van der Waals surface area contributed by atoms with Crippen LogP contribution in [0.15, 0.2) is 84.9 Å². The first kappa shape index (κ1) is 23.8. The molecule has 0 atom stereocenters. The maximum Gasteiger partial charge on any atom is 0.250 e. The molecule has 1 amide bonds. The summed E-state index contributed by atoms with van der Waals surface area (Å²) in [4.78, 5) is 12.2. The average Bonchev–Trinajstić information content (AvgIpc) is 2.83. The molecule has 7 heteroatoms. The molecule has 0 heterocycles. The summed E-state index contributed by atoms with van der Waals surface area (Å²) in [5, 5.41) is 5.81. The van der Waals surface area contributed by atoms with E-state index in [0.717, 1.165) is 17.1 Å². The molecular weight excluding hydrogens is 436 g/mol. The van der Waals surface area contributed by atoms with Crippen molar-refractivity contribution in [1.82, 2.24) is 5.32 Å². The van der Waals surface area contributed by atoms with E-state index in [1.165, 1.54) is 6.08 Å². The Kier molecular flexibility index (Phi) is 9.29. The number of thiocarbonyl (C=S) groups is 1. The minimum Gasteiger partial charge on any atom is -0.494 e. The van der Waals surface area contributed by atoms with Gasteiger partial charge in [-0.05, 0) is 67.2 Å². The molecule has 0 fully saturated rings. The SMILES string of the molecule is CCOc1ccc(/C=C/C(=O)NC(=S)Nc2ccccc2OCCOc2ccccc2)cc1. The average molecular weight is 463 g/mol. The van der Waals surface area contributed by atoms with Crippen molar-refractivity contribution in [3.8, 4) is 17.2 Å². The molecule has 170 valence electrons. The summed E-state index contributed by atoms with van der Waals surface area (Å²) in [5.74, 6) is 1.85. The van der Waals surface area contributed by atoms with Crippen LogP contribution in [0.2, 0.25) is 0 Å². The molecule has 0 aromatic heterocycles. The fourth-order valence-electron chi connectivity index (χ4n) is 2.84. The molecule has 0 aliphatic rings. The molecular formula is C26H26N2O4S. The van der Waals surface area contributed by atoms with E-state index >= 15 is 0 Å². The summed E-state index contributed by atoms with van der Waals surface area (Å²) < 4.78 is 16.9.